The second-order valence-corrected chi connectivity index (χ2v) is 6.15. The summed E-state index contributed by atoms with van der Waals surface area (Å²) < 4.78 is 2.09. The molecule has 1 fully saturated rings. The van der Waals surface area contributed by atoms with Crippen molar-refractivity contribution in [2.24, 2.45) is 0 Å². The summed E-state index contributed by atoms with van der Waals surface area (Å²) in [5.74, 6) is 0.720. The Morgan fingerprint density at radius 2 is 2.25 bits per heavy atom. The molecule has 0 N–H and O–H groups in total. The zero-order valence-corrected chi connectivity index (χ0v) is 11.6. The van der Waals surface area contributed by atoms with Gasteiger partial charge in [0, 0.05) is 17.6 Å². The van der Waals surface area contributed by atoms with E-state index in [0.29, 0.717) is 4.83 Å². The zero-order valence-electron chi connectivity index (χ0n) is 10.0. The number of hydrogen-bond acceptors (Lipinski definition) is 1. The molecule has 3 heteroatoms. The minimum absolute atomic E-state index is 0.703. The molecule has 1 saturated carbocycles. The van der Waals surface area contributed by atoms with E-state index in [1.807, 2.05) is 0 Å². The average molecular weight is 285 g/mol. The van der Waals surface area contributed by atoms with Crippen LogP contribution in [0.25, 0.3) is 0 Å². The van der Waals surface area contributed by atoms with E-state index in [1.165, 1.54) is 37.7 Å². The first-order valence-electron chi connectivity index (χ1n) is 6.46. The molecular weight excluding hydrogens is 264 g/mol. The highest BCUT2D eigenvalue weighted by molar-refractivity contribution is 9.09. The fraction of sp³-hybridized carbons (Fsp3) is 0.769. The lowest BCUT2D eigenvalue weighted by Crippen LogP contribution is -2.03. The second kappa shape index (κ2) is 5.85. The van der Waals surface area contributed by atoms with E-state index in [2.05, 4.69) is 45.0 Å². The number of halogens is 1. The van der Waals surface area contributed by atoms with Gasteiger partial charge in [-0.15, -0.1) is 0 Å². The Hall–Kier alpha value is -0.310. The Morgan fingerprint density at radius 3 is 3.06 bits per heavy atom. The van der Waals surface area contributed by atoms with Gasteiger partial charge in [-0.2, -0.15) is 5.10 Å². The summed E-state index contributed by atoms with van der Waals surface area (Å²) in [4.78, 5) is 0.703. The average Bonchev–Trinajstić information content (AvgIpc) is 2.61. The Morgan fingerprint density at radius 1 is 1.44 bits per heavy atom. The first kappa shape index (κ1) is 12.2. The van der Waals surface area contributed by atoms with Gasteiger partial charge in [0.2, 0.25) is 0 Å². The van der Waals surface area contributed by atoms with Crippen molar-refractivity contribution >= 4 is 15.9 Å². The Balaban J connectivity index is 2.03. The largest absolute Gasteiger partial charge is 0.272 e. The molecular formula is C13H21BrN2. The molecule has 0 aromatic carbocycles. The first-order valence-corrected chi connectivity index (χ1v) is 7.37. The maximum Gasteiger partial charge on any atom is 0.0524 e. The van der Waals surface area contributed by atoms with Crippen LogP contribution in [0, 0.1) is 0 Å². The minimum atomic E-state index is 0.703. The molecule has 1 aliphatic rings. The SMILES string of the molecule is CCCn1cc(C2CCCCC(Br)C2)cn1. The maximum absolute atomic E-state index is 4.44. The second-order valence-electron chi connectivity index (χ2n) is 4.85. The van der Waals surface area contributed by atoms with E-state index in [-0.39, 0.29) is 0 Å². The van der Waals surface area contributed by atoms with E-state index in [9.17, 15) is 0 Å². The molecule has 1 aromatic heterocycles. The highest BCUT2D eigenvalue weighted by Gasteiger charge is 2.20. The van der Waals surface area contributed by atoms with Crippen LogP contribution in [-0.2, 0) is 6.54 Å². The minimum Gasteiger partial charge on any atom is -0.272 e. The van der Waals surface area contributed by atoms with Gasteiger partial charge in [-0.25, -0.2) is 0 Å². The maximum atomic E-state index is 4.44. The van der Waals surface area contributed by atoms with Crippen molar-refractivity contribution in [1.29, 1.82) is 0 Å². The van der Waals surface area contributed by atoms with Crippen molar-refractivity contribution in [3.63, 3.8) is 0 Å². The molecule has 2 atom stereocenters. The third-order valence-corrected chi connectivity index (χ3v) is 4.27. The molecule has 2 unspecified atom stereocenters. The summed E-state index contributed by atoms with van der Waals surface area (Å²) in [6.07, 6.45) is 12.2. The molecule has 0 spiro atoms. The number of nitrogens with zero attached hydrogens (tertiary/aromatic N) is 2. The summed E-state index contributed by atoms with van der Waals surface area (Å²) in [6.45, 7) is 3.24. The Labute approximate surface area is 107 Å². The number of aryl methyl sites for hydroxylation is 1. The van der Waals surface area contributed by atoms with Crippen LogP contribution < -0.4 is 0 Å². The molecule has 16 heavy (non-hydrogen) atoms. The van der Waals surface area contributed by atoms with E-state index >= 15 is 0 Å². The van der Waals surface area contributed by atoms with Gasteiger partial charge >= 0.3 is 0 Å². The number of aromatic nitrogens is 2. The Kier molecular flexibility index (Phi) is 4.45. The molecule has 90 valence electrons. The van der Waals surface area contributed by atoms with Crippen LogP contribution in [0.4, 0.5) is 0 Å². The first-order chi connectivity index (χ1) is 7.79. The number of hydrogen-bond donors (Lipinski definition) is 0. The van der Waals surface area contributed by atoms with E-state index in [4.69, 9.17) is 0 Å². The van der Waals surface area contributed by atoms with Crippen molar-refractivity contribution in [2.45, 2.75) is 62.7 Å². The van der Waals surface area contributed by atoms with E-state index in [1.54, 1.807) is 0 Å². The van der Waals surface area contributed by atoms with Gasteiger partial charge in [0.1, 0.15) is 0 Å². The number of alkyl halides is 1. The topological polar surface area (TPSA) is 17.8 Å². The molecule has 2 rings (SSSR count). The molecule has 0 aliphatic heterocycles. The third kappa shape index (κ3) is 3.09. The van der Waals surface area contributed by atoms with Crippen LogP contribution in [0.5, 0.6) is 0 Å². The fourth-order valence-corrected chi connectivity index (χ4v) is 3.32. The molecule has 1 heterocycles. The molecule has 0 amide bonds. The fourth-order valence-electron chi connectivity index (χ4n) is 2.55. The van der Waals surface area contributed by atoms with Crippen molar-refractivity contribution in [1.82, 2.24) is 9.78 Å². The molecule has 0 radical (unpaired) electrons. The highest BCUT2D eigenvalue weighted by Crippen LogP contribution is 2.34. The molecule has 2 nitrogen and oxygen atoms in total. The van der Waals surface area contributed by atoms with Crippen LogP contribution >= 0.6 is 15.9 Å². The van der Waals surface area contributed by atoms with Crippen molar-refractivity contribution in [2.75, 3.05) is 0 Å². The lowest BCUT2D eigenvalue weighted by Gasteiger charge is -2.14. The van der Waals surface area contributed by atoms with Gasteiger partial charge in [0.25, 0.3) is 0 Å². The monoisotopic (exact) mass is 284 g/mol. The third-order valence-electron chi connectivity index (χ3n) is 3.44. The smallest absolute Gasteiger partial charge is 0.0524 e. The highest BCUT2D eigenvalue weighted by atomic mass is 79.9. The summed E-state index contributed by atoms with van der Waals surface area (Å²) in [7, 11) is 0. The van der Waals surface area contributed by atoms with Gasteiger partial charge in [0.15, 0.2) is 0 Å². The summed E-state index contributed by atoms with van der Waals surface area (Å²) in [5.41, 5.74) is 1.44. The molecule has 0 bridgehead atoms. The Bertz CT molecular complexity index is 321. The quantitative estimate of drug-likeness (QED) is 0.604. The number of rotatable bonds is 3. The summed E-state index contributed by atoms with van der Waals surface area (Å²) in [6, 6.07) is 0. The van der Waals surface area contributed by atoms with Gasteiger partial charge < -0.3 is 0 Å². The van der Waals surface area contributed by atoms with Crippen molar-refractivity contribution in [3.8, 4) is 0 Å². The predicted molar refractivity (Wildman–Crippen MR) is 71.1 cm³/mol. The standard InChI is InChI=1S/C13H21BrN2/c1-2-7-16-10-12(9-15-16)11-5-3-4-6-13(14)8-11/h9-11,13H,2-8H2,1H3. The lowest BCUT2D eigenvalue weighted by molar-refractivity contribution is 0.587. The summed E-state index contributed by atoms with van der Waals surface area (Å²) in [5, 5.41) is 4.44. The van der Waals surface area contributed by atoms with Crippen LogP contribution in [0.2, 0.25) is 0 Å². The van der Waals surface area contributed by atoms with Crippen molar-refractivity contribution < 1.29 is 0 Å². The van der Waals surface area contributed by atoms with Gasteiger partial charge in [-0.3, -0.25) is 4.68 Å². The van der Waals surface area contributed by atoms with Crippen LogP contribution in [0.1, 0.15) is 56.9 Å². The molecule has 0 saturated heterocycles. The van der Waals surface area contributed by atoms with Gasteiger partial charge in [-0.05, 0) is 37.2 Å². The predicted octanol–water partition coefficient (Wildman–Crippen LogP) is 4.10. The van der Waals surface area contributed by atoms with Crippen LogP contribution in [-0.4, -0.2) is 14.6 Å². The molecule has 1 aliphatic carbocycles. The lowest BCUT2D eigenvalue weighted by atomic mass is 9.94. The van der Waals surface area contributed by atoms with Gasteiger partial charge in [-0.1, -0.05) is 35.7 Å². The normalized spacial score (nSPS) is 26.6. The molecule has 1 aromatic rings. The van der Waals surface area contributed by atoms with Crippen molar-refractivity contribution in [3.05, 3.63) is 18.0 Å². The summed E-state index contributed by atoms with van der Waals surface area (Å²) >= 11 is 3.79. The van der Waals surface area contributed by atoms with Crippen LogP contribution in [0.3, 0.4) is 0 Å². The zero-order chi connectivity index (χ0) is 11.4. The van der Waals surface area contributed by atoms with E-state index in [0.717, 1.165) is 18.9 Å². The van der Waals surface area contributed by atoms with E-state index < -0.39 is 0 Å². The van der Waals surface area contributed by atoms with Gasteiger partial charge in [0.05, 0.1) is 6.20 Å². The van der Waals surface area contributed by atoms with Crippen LogP contribution in [0.15, 0.2) is 12.4 Å².